The molecule has 41 heavy (non-hydrogen) atoms. The first-order valence-electron chi connectivity index (χ1n) is 16.8. The Hall–Kier alpha value is -1.43. The van der Waals surface area contributed by atoms with Crippen molar-refractivity contribution in [3.63, 3.8) is 0 Å². The fourth-order valence-electron chi connectivity index (χ4n) is 4.81. The summed E-state index contributed by atoms with van der Waals surface area (Å²) in [6, 6.07) is 3.62. The lowest BCUT2D eigenvalue weighted by molar-refractivity contribution is 0.0498. The van der Waals surface area contributed by atoms with E-state index in [2.05, 4.69) is 57.5 Å². The lowest BCUT2D eigenvalue weighted by atomic mass is 10.00. The van der Waals surface area contributed by atoms with Gasteiger partial charge in [-0.3, -0.25) is 0 Å². The molecular weight excluding hydrogens is 580 g/mol. The van der Waals surface area contributed by atoms with Crippen molar-refractivity contribution < 1.29 is 23.7 Å². The summed E-state index contributed by atoms with van der Waals surface area (Å²) in [5.41, 5.74) is 0.461. The first-order chi connectivity index (χ1) is 20.0. The van der Waals surface area contributed by atoms with Crippen LogP contribution >= 0.6 is 15.9 Å². The largest absolute Gasteiger partial charge is 0.489 e. The lowest BCUT2D eigenvalue weighted by Gasteiger charge is -2.23. The second kappa shape index (κ2) is 24.1. The van der Waals surface area contributed by atoms with E-state index in [-0.39, 0.29) is 5.97 Å². The van der Waals surface area contributed by atoms with Crippen LogP contribution in [0.5, 0.6) is 17.2 Å². The van der Waals surface area contributed by atoms with Crippen LogP contribution in [0.4, 0.5) is 0 Å². The summed E-state index contributed by atoms with van der Waals surface area (Å²) in [6.45, 7) is 15.5. The highest BCUT2D eigenvalue weighted by molar-refractivity contribution is 9.09. The number of carbonyl (C=O) groups excluding carboxylic acids is 1. The molecule has 6 heteroatoms. The van der Waals surface area contributed by atoms with Gasteiger partial charge in [0, 0.05) is 5.33 Å². The van der Waals surface area contributed by atoms with Gasteiger partial charge in [-0.15, -0.1) is 0 Å². The van der Waals surface area contributed by atoms with Crippen LogP contribution in [0.25, 0.3) is 0 Å². The van der Waals surface area contributed by atoms with Gasteiger partial charge in [0.2, 0.25) is 5.75 Å². The third kappa shape index (κ3) is 15.6. The van der Waals surface area contributed by atoms with Gasteiger partial charge in [-0.25, -0.2) is 4.79 Å². The van der Waals surface area contributed by atoms with E-state index in [0.717, 1.165) is 56.7 Å². The number of esters is 1. The molecule has 0 aliphatic heterocycles. The van der Waals surface area contributed by atoms with Crippen LogP contribution in [0.1, 0.15) is 142 Å². The molecule has 0 bridgehead atoms. The van der Waals surface area contributed by atoms with Gasteiger partial charge in [0.05, 0.1) is 32.0 Å². The monoisotopic (exact) mass is 640 g/mol. The molecule has 0 saturated heterocycles. The smallest absolute Gasteiger partial charge is 0.338 e. The van der Waals surface area contributed by atoms with E-state index in [1.165, 1.54) is 38.5 Å². The van der Waals surface area contributed by atoms with Gasteiger partial charge in [-0.05, 0) is 62.0 Å². The third-order valence-electron chi connectivity index (χ3n) is 8.06. The molecule has 3 atom stereocenters. The predicted octanol–water partition coefficient (Wildman–Crippen LogP) is 10.8. The van der Waals surface area contributed by atoms with Crippen molar-refractivity contribution in [2.45, 2.75) is 131 Å². The summed E-state index contributed by atoms with van der Waals surface area (Å²) in [5, 5.41) is 0.900. The Bertz CT molecular complexity index is 758. The topological polar surface area (TPSA) is 54.0 Å². The highest BCUT2D eigenvalue weighted by Gasteiger charge is 2.23. The standard InChI is InChI=1S/C35H61BrO5/c1-7-13-18-28(10-4)25-39-32-23-31(35(37)38-22-17-16-21-36)24-33(40-26-29(11-5)19-14-8-2)34(32)41-27-30(12-6)20-15-9-3/h23-24,28-30H,7-22,25-27H2,1-6H3. The van der Waals surface area contributed by atoms with Crippen LogP contribution in [-0.4, -0.2) is 37.7 Å². The minimum Gasteiger partial charge on any atom is -0.489 e. The van der Waals surface area contributed by atoms with Gasteiger partial charge in [0.25, 0.3) is 0 Å². The molecule has 0 aliphatic rings. The Balaban J connectivity index is 3.38. The summed E-state index contributed by atoms with van der Waals surface area (Å²) >= 11 is 3.45. The fraction of sp³-hybridized carbons (Fsp3) is 0.800. The average molecular weight is 642 g/mol. The van der Waals surface area contributed by atoms with Crippen LogP contribution in [0.3, 0.4) is 0 Å². The van der Waals surface area contributed by atoms with Crippen LogP contribution < -0.4 is 14.2 Å². The van der Waals surface area contributed by atoms with E-state index in [4.69, 9.17) is 18.9 Å². The molecule has 0 radical (unpaired) electrons. The van der Waals surface area contributed by atoms with E-state index in [0.29, 0.717) is 67.0 Å². The molecule has 0 aromatic heterocycles. The number of rotatable bonds is 26. The highest BCUT2D eigenvalue weighted by atomic mass is 79.9. The van der Waals surface area contributed by atoms with E-state index >= 15 is 0 Å². The SMILES string of the molecule is CCCCC(CC)COc1cc(C(=O)OCCCCBr)cc(OCC(CC)CCCC)c1OCC(CC)CCCC. The van der Waals surface area contributed by atoms with Gasteiger partial charge in [0.15, 0.2) is 11.5 Å². The molecule has 1 aromatic rings. The zero-order chi connectivity index (χ0) is 30.3. The molecule has 0 saturated carbocycles. The van der Waals surface area contributed by atoms with Gasteiger partial charge >= 0.3 is 5.97 Å². The Morgan fingerprint density at radius 1 is 0.659 bits per heavy atom. The first kappa shape index (κ1) is 37.6. The Morgan fingerprint density at radius 2 is 1.10 bits per heavy atom. The van der Waals surface area contributed by atoms with Crippen molar-refractivity contribution >= 4 is 21.9 Å². The maximum Gasteiger partial charge on any atom is 0.338 e. The molecule has 1 rings (SSSR count). The van der Waals surface area contributed by atoms with Crippen molar-refractivity contribution in [1.82, 2.24) is 0 Å². The predicted molar refractivity (Wildman–Crippen MR) is 176 cm³/mol. The zero-order valence-corrected chi connectivity index (χ0v) is 28.8. The van der Waals surface area contributed by atoms with Gasteiger partial charge < -0.3 is 18.9 Å². The molecule has 0 fully saturated rings. The quantitative estimate of drug-likeness (QED) is 0.0572. The van der Waals surface area contributed by atoms with Crippen molar-refractivity contribution in [2.75, 3.05) is 31.8 Å². The van der Waals surface area contributed by atoms with Crippen molar-refractivity contribution in [3.8, 4) is 17.2 Å². The Morgan fingerprint density at radius 3 is 1.49 bits per heavy atom. The average Bonchev–Trinajstić information content (AvgIpc) is 2.99. The minimum atomic E-state index is -0.341. The van der Waals surface area contributed by atoms with Crippen molar-refractivity contribution in [3.05, 3.63) is 17.7 Å². The molecule has 1 aromatic carbocycles. The number of ether oxygens (including phenoxy) is 4. The number of unbranched alkanes of at least 4 members (excludes halogenated alkanes) is 4. The zero-order valence-electron chi connectivity index (χ0n) is 27.2. The molecule has 0 amide bonds. The van der Waals surface area contributed by atoms with Crippen LogP contribution in [0.15, 0.2) is 12.1 Å². The minimum absolute atomic E-state index is 0.341. The van der Waals surface area contributed by atoms with E-state index < -0.39 is 0 Å². The third-order valence-corrected chi connectivity index (χ3v) is 8.62. The van der Waals surface area contributed by atoms with Crippen molar-refractivity contribution in [1.29, 1.82) is 0 Å². The maximum absolute atomic E-state index is 13.1. The summed E-state index contributed by atoms with van der Waals surface area (Å²) in [6.07, 6.45) is 15.5. The number of carbonyl (C=O) groups is 1. The second-order valence-electron chi connectivity index (χ2n) is 11.5. The summed E-state index contributed by atoms with van der Waals surface area (Å²) in [7, 11) is 0. The summed E-state index contributed by atoms with van der Waals surface area (Å²) in [4.78, 5) is 13.1. The first-order valence-corrected chi connectivity index (χ1v) is 17.9. The van der Waals surface area contributed by atoms with E-state index in [1.54, 1.807) is 0 Å². The van der Waals surface area contributed by atoms with Crippen LogP contribution in [0.2, 0.25) is 0 Å². The maximum atomic E-state index is 13.1. The Kier molecular flexibility index (Phi) is 22.1. The second-order valence-corrected chi connectivity index (χ2v) is 12.3. The molecule has 0 spiro atoms. The summed E-state index contributed by atoms with van der Waals surface area (Å²) in [5.74, 6) is 2.86. The molecule has 3 unspecified atom stereocenters. The number of benzene rings is 1. The van der Waals surface area contributed by atoms with Crippen LogP contribution in [-0.2, 0) is 4.74 Å². The number of hydrogen-bond donors (Lipinski definition) is 0. The molecular formula is C35H61BrO5. The van der Waals surface area contributed by atoms with Gasteiger partial charge in [0.1, 0.15) is 0 Å². The lowest BCUT2D eigenvalue weighted by Crippen LogP contribution is -2.17. The number of alkyl halides is 1. The summed E-state index contributed by atoms with van der Waals surface area (Å²) < 4.78 is 25.2. The molecule has 238 valence electrons. The van der Waals surface area contributed by atoms with Crippen LogP contribution in [0, 0.1) is 17.8 Å². The van der Waals surface area contributed by atoms with E-state index in [1.807, 2.05) is 12.1 Å². The molecule has 0 heterocycles. The number of halogens is 1. The molecule has 0 aliphatic carbocycles. The molecule has 0 N–H and O–H groups in total. The van der Waals surface area contributed by atoms with E-state index in [9.17, 15) is 4.79 Å². The molecule has 5 nitrogen and oxygen atoms in total. The normalized spacial score (nSPS) is 13.4. The fourth-order valence-corrected chi connectivity index (χ4v) is 5.20. The van der Waals surface area contributed by atoms with Gasteiger partial charge in [-0.2, -0.15) is 0 Å². The van der Waals surface area contributed by atoms with Crippen molar-refractivity contribution in [2.24, 2.45) is 17.8 Å². The Labute approximate surface area is 260 Å². The number of hydrogen-bond acceptors (Lipinski definition) is 5. The highest BCUT2D eigenvalue weighted by Crippen LogP contribution is 2.41. The van der Waals surface area contributed by atoms with Gasteiger partial charge in [-0.1, -0.05) is 115 Å².